The van der Waals surface area contributed by atoms with Crippen molar-refractivity contribution in [1.82, 2.24) is 10.3 Å². The molecule has 5 nitrogen and oxygen atoms in total. The van der Waals surface area contributed by atoms with Gasteiger partial charge >= 0.3 is 0 Å². The highest BCUT2D eigenvalue weighted by molar-refractivity contribution is 5.91. The van der Waals surface area contributed by atoms with Gasteiger partial charge in [0.25, 0.3) is 0 Å². The Morgan fingerprint density at radius 1 is 1.29 bits per heavy atom. The molecule has 0 spiro atoms. The van der Waals surface area contributed by atoms with Crippen LogP contribution < -0.4 is 5.43 Å². The number of hydrogen-bond donors (Lipinski definition) is 1. The number of likely N-dealkylation sites (tertiary alicyclic amines) is 1. The van der Waals surface area contributed by atoms with Gasteiger partial charge in [-0.05, 0) is 37.2 Å². The van der Waals surface area contributed by atoms with Crippen LogP contribution in [0.1, 0.15) is 44.6 Å². The summed E-state index contributed by atoms with van der Waals surface area (Å²) < 4.78 is 0. The lowest BCUT2D eigenvalue weighted by atomic mass is 9.89. The molecule has 2 fully saturated rings. The quantitative estimate of drug-likeness (QED) is 0.864. The average Bonchev–Trinajstić information content (AvgIpc) is 2.95. The number of hydrazone groups is 1. The number of benzene rings is 1. The van der Waals surface area contributed by atoms with Crippen molar-refractivity contribution in [2.24, 2.45) is 16.9 Å². The van der Waals surface area contributed by atoms with Crippen LogP contribution in [-0.4, -0.2) is 29.0 Å². The molecule has 0 radical (unpaired) electrons. The van der Waals surface area contributed by atoms with Gasteiger partial charge in [0.05, 0.1) is 5.92 Å². The van der Waals surface area contributed by atoms with Gasteiger partial charge in [-0.25, -0.2) is 5.43 Å². The first-order valence-corrected chi connectivity index (χ1v) is 8.79. The molecule has 1 saturated heterocycles. The molecule has 24 heavy (non-hydrogen) atoms. The predicted octanol–water partition coefficient (Wildman–Crippen LogP) is 2.72. The highest BCUT2D eigenvalue weighted by atomic mass is 16.2. The van der Waals surface area contributed by atoms with Crippen LogP contribution in [0.2, 0.25) is 0 Å². The van der Waals surface area contributed by atoms with Crippen LogP contribution in [-0.2, 0) is 16.1 Å². The van der Waals surface area contributed by atoms with Gasteiger partial charge < -0.3 is 4.90 Å². The van der Waals surface area contributed by atoms with E-state index in [-0.39, 0.29) is 24.2 Å². The standard InChI is InChI=1S/C19H25N3O2/c1-14-6-5-9-17(10-14)20-21-19(24)16-11-18(23)22(13-16)12-15-7-3-2-4-8-15/h2-4,7-8,14,16H,5-6,9-13H2,1H3,(H,21,24)/b20-17+. The van der Waals surface area contributed by atoms with E-state index in [0.717, 1.165) is 30.5 Å². The molecule has 1 aromatic carbocycles. The van der Waals surface area contributed by atoms with Crippen LogP contribution in [0.15, 0.2) is 35.4 Å². The van der Waals surface area contributed by atoms with Crippen molar-refractivity contribution in [3.8, 4) is 0 Å². The lowest BCUT2D eigenvalue weighted by Gasteiger charge is -2.19. The van der Waals surface area contributed by atoms with Crippen LogP contribution in [0.4, 0.5) is 0 Å². The topological polar surface area (TPSA) is 61.8 Å². The highest BCUT2D eigenvalue weighted by Gasteiger charge is 2.34. The van der Waals surface area contributed by atoms with Gasteiger partial charge in [-0.15, -0.1) is 0 Å². The summed E-state index contributed by atoms with van der Waals surface area (Å²) in [7, 11) is 0. The minimum atomic E-state index is -0.299. The van der Waals surface area contributed by atoms with E-state index in [9.17, 15) is 9.59 Å². The number of hydrogen-bond acceptors (Lipinski definition) is 3. The molecule has 1 aliphatic carbocycles. The SMILES string of the molecule is CC1CCC/C(=N\NC(=O)C2CC(=O)N(Cc3ccccc3)C2)C1. The van der Waals surface area contributed by atoms with Gasteiger partial charge in [0, 0.05) is 25.2 Å². The van der Waals surface area contributed by atoms with E-state index < -0.39 is 0 Å². The molecule has 128 valence electrons. The minimum Gasteiger partial charge on any atom is -0.338 e. The molecule has 1 aliphatic heterocycles. The smallest absolute Gasteiger partial charge is 0.245 e. The van der Waals surface area contributed by atoms with Crippen LogP contribution in [0.25, 0.3) is 0 Å². The number of rotatable bonds is 4. The molecule has 1 aromatic rings. The molecule has 1 saturated carbocycles. The summed E-state index contributed by atoms with van der Waals surface area (Å²) in [5.41, 5.74) is 4.85. The maximum atomic E-state index is 12.3. The van der Waals surface area contributed by atoms with Crippen molar-refractivity contribution in [3.05, 3.63) is 35.9 Å². The highest BCUT2D eigenvalue weighted by Crippen LogP contribution is 2.22. The maximum Gasteiger partial charge on any atom is 0.245 e. The van der Waals surface area contributed by atoms with Crippen molar-refractivity contribution in [2.45, 2.75) is 45.6 Å². The van der Waals surface area contributed by atoms with E-state index in [1.54, 1.807) is 4.90 Å². The molecule has 2 amide bonds. The van der Waals surface area contributed by atoms with E-state index in [4.69, 9.17) is 0 Å². The fourth-order valence-corrected chi connectivity index (χ4v) is 3.49. The number of amides is 2. The Kier molecular flexibility index (Phi) is 5.28. The number of carbonyl (C=O) groups excluding carboxylic acids is 2. The first-order valence-electron chi connectivity index (χ1n) is 8.79. The van der Waals surface area contributed by atoms with Gasteiger partial charge in [0.15, 0.2) is 0 Å². The lowest BCUT2D eigenvalue weighted by Crippen LogP contribution is -2.31. The number of nitrogens with one attached hydrogen (secondary N) is 1. The normalized spacial score (nSPS) is 26.0. The van der Waals surface area contributed by atoms with E-state index in [1.807, 2.05) is 30.3 Å². The van der Waals surface area contributed by atoms with Crippen LogP contribution in [0.5, 0.6) is 0 Å². The van der Waals surface area contributed by atoms with Gasteiger partial charge in [0.1, 0.15) is 0 Å². The van der Waals surface area contributed by atoms with E-state index in [2.05, 4.69) is 17.5 Å². The van der Waals surface area contributed by atoms with Crippen LogP contribution >= 0.6 is 0 Å². The molecule has 1 heterocycles. The van der Waals surface area contributed by atoms with Crippen molar-refractivity contribution in [3.63, 3.8) is 0 Å². The van der Waals surface area contributed by atoms with E-state index in [0.29, 0.717) is 19.0 Å². The van der Waals surface area contributed by atoms with Gasteiger partial charge in [-0.1, -0.05) is 37.3 Å². The molecule has 5 heteroatoms. The molecule has 2 atom stereocenters. The Labute approximate surface area is 143 Å². The zero-order valence-electron chi connectivity index (χ0n) is 14.2. The summed E-state index contributed by atoms with van der Waals surface area (Å²) in [4.78, 5) is 26.2. The second-order valence-corrected chi connectivity index (χ2v) is 7.02. The fraction of sp³-hybridized carbons (Fsp3) is 0.526. The first-order chi connectivity index (χ1) is 11.6. The maximum absolute atomic E-state index is 12.3. The summed E-state index contributed by atoms with van der Waals surface area (Å²) in [5.74, 6) is 0.248. The Balaban J connectivity index is 1.53. The van der Waals surface area contributed by atoms with Crippen molar-refractivity contribution < 1.29 is 9.59 Å². The molecular weight excluding hydrogens is 302 g/mol. The first kappa shape index (κ1) is 16.7. The third-order valence-corrected chi connectivity index (χ3v) is 4.87. The largest absolute Gasteiger partial charge is 0.338 e. The van der Waals surface area contributed by atoms with Crippen LogP contribution in [0, 0.1) is 11.8 Å². The van der Waals surface area contributed by atoms with Crippen molar-refractivity contribution >= 4 is 17.5 Å². The molecule has 2 aliphatic rings. The Morgan fingerprint density at radius 2 is 2.08 bits per heavy atom. The minimum absolute atomic E-state index is 0.0398. The Morgan fingerprint density at radius 3 is 2.83 bits per heavy atom. The summed E-state index contributed by atoms with van der Waals surface area (Å²) >= 11 is 0. The summed E-state index contributed by atoms with van der Waals surface area (Å²) in [6.45, 7) is 3.25. The van der Waals surface area contributed by atoms with Crippen molar-refractivity contribution in [2.75, 3.05) is 6.54 Å². The third kappa shape index (κ3) is 4.22. The van der Waals surface area contributed by atoms with Gasteiger partial charge in [-0.2, -0.15) is 5.10 Å². The third-order valence-electron chi connectivity index (χ3n) is 4.87. The van der Waals surface area contributed by atoms with E-state index in [1.165, 1.54) is 6.42 Å². The summed E-state index contributed by atoms with van der Waals surface area (Å²) in [6, 6.07) is 9.87. The average molecular weight is 327 g/mol. The molecule has 0 aromatic heterocycles. The molecule has 2 unspecified atom stereocenters. The predicted molar refractivity (Wildman–Crippen MR) is 93.2 cm³/mol. The second-order valence-electron chi connectivity index (χ2n) is 7.02. The molecule has 0 bridgehead atoms. The number of nitrogens with zero attached hydrogens (tertiary/aromatic N) is 2. The monoisotopic (exact) mass is 327 g/mol. The fourth-order valence-electron chi connectivity index (χ4n) is 3.49. The van der Waals surface area contributed by atoms with Crippen molar-refractivity contribution in [1.29, 1.82) is 0 Å². The molecular formula is C19H25N3O2. The second kappa shape index (κ2) is 7.60. The summed E-state index contributed by atoms with van der Waals surface area (Å²) in [5, 5.41) is 4.30. The lowest BCUT2D eigenvalue weighted by molar-refractivity contribution is -0.129. The zero-order chi connectivity index (χ0) is 16.9. The molecule has 1 N–H and O–H groups in total. The van der Waals surface area contributed by atoms with Gasteiger partial charge in [-0.3, -0.25) is 9.59 Å². The number of carbonyl (C=O) groups is 2. The van der Waals surface area contributed by atoms with Crippen LogP contribution in [0.3, 0.4) is 0 Å². The van der Waals surface area contributed by atoms with E-state index >= 15 is 0 Å². The Hall–Kier alpha value is -2.17. The summed E-state index contributed by atoms with van der Waals surface area (Å²) in [6.07, 6.45) is 4.58. The van der Waals surface area contributed by atoms with Gasteiger partial charge in [0.2, 0.25) is 11.8 Å². The Bertz CT molecular complexity index is 627. The zero-order valence-corrected chi connectivity index (χ0v) is 14.2. The molecule has 3 rings (SSSR count).